The van der Waals surface area contributed by atoms with Crippen LogP contribution in [0.1, 0.15) is 16.5 Å². The molecule has 0 aliphatic carbocycles. The van der Waals surface area contributed by atoms with Crippen LogP contribution in [0.5, 0.6) is 17.4 Å². The lowest BCUT2D eigenvalue weighted by Crippen LogP contribution is -2.28. The Labute approximate surface area is 159 Å². The number of aromatic nitrogens is 3. The summed E-state index contributed by atoms with van der Waals surface area (Å²) in [7, 11) is 4.90. The molecule has 2 aromatic heterocycles. The molecule has 8 nitrogen and oxygen atoms in total. The summed E-state index contributed by atoms with van der Waals surface area (Å²) >= 11 is 7.68. The first-order valence-corrected chi connectivity index (χ1v) is 8.95. The van der Waals surface area contributed by atoms with Crippen LogP contribution in [0.15, 0.2) is 18.5 Å². The number of aliphatic hydroxyl groups is 1. The van der Waals surface area contributed by atoms with E-state index in [9.17, 15) is 10.2 Å². The van der Waals surface area contributed by atoms with Crippen LogP contribution in [0, 0.1) is 0 Å². The molecule has 26 heavy (non-hydrogen) atoms. The lowest BCUT2D eigenvalue weighted by atomic mass is 10.0. The number of ether oxygens (including phenoxy) is 2. The highest BCUT2D eigenvalue weighted by molar-refractivity contribution is 7.17. The minimum absolute atomic E-state index is 0.00296. The Balaban J connectivity index is 2.17. The quantitative estimate of drug-likeness (QED) is 0.630. The Bertz CT molecular complexity index is 913. The smallest absolute Gasteiger partial charge is 0.230 e. The normalized spacial score (nSPS) is 12.7. The predicted molar refractivity (Wildman–Crippen MR) is 98.6 cm³/mol. The summed E-state index contributed by atoms with van der Waals surface area (Å²) in [4.78, 5) is 7.25. The number of halogens is 1. The van der Waals surface area contributed by atoms with E-state index in [4.69, 9.17) is 21.1 Å². The van der Waals surface area contributed by atoms with Crippen molar-refractivity contribution in [2.45, 2.75) is 6.04 Å². The maximum atomic E-state index is 10.6. The van der Waals surface area contributed by atoms with Crippen LogP contribution < -0.4 is 9.47 Å². The zero-order valence-corrected chi connectivity index (χ0v) is 16.1. The van der Waals surface area contributed by atoms with E-state index in [-0.39, 0.29) is 18.5 Å². The van der Waals surface area contributed by atoms with Crippen molar-refractivity contribution in [1.82, 2.24) is 19.5 Å². The van der Waals surface area contributed by atoms with Gasteiger partial charge in [-0.1, -0.05) is 22.9 Å². The summed E-state index contributed by atoms with van der Waals surface area (Å²) in [5.74, 6) is 0.924. The highest BCUT2D eigenvalue weighted by Gasteiger charge is 2.28. The third-order valence-electron chi connectivity index (χ3n) is 4.05. The molecular weight excluding hydrogens is 380 g/mol. The van der Waals surface area contributed by atoms with Gasteiger partial charge in [-0.25, -0.2) is 4.98 Å². The summed E-state index contributed by atoms with van der Waals surface area (Å²) < 4.78 is 12.1. The maximum Gasteiger partial charge on any atom is 0.230 e. The van der Waals surface area contributed by atoms with Crippen molar-refractivity contribution in [1.29, 1.82) is 0 Å². The molecule has 0 radical (unpaired) electrons. The zero-order valence-electron chi connectivity index (χ0n) is 14.5. The molecule has 0 bridgehead atoms. The van der Waals surface area contributed by atoms with Gasteiger partial charge in [0.1, 0.15) is 6.33 Å². The molecule has 1 aromatic carbocycles. The molecule has 140 valence electrons. The van der Waals surface area contributed by atoms with Gasteiger partial charge >= 0.3 is 0 Å². The first-order chi connectivity index (χ1) is 12.5. The molecular formula is C16H19ClN4O4S. The molecule has 0 saturated carbocycles. The number of benzene rings is 1. The van der Waals surface area contributed by atoms with Crippen LogP contribution in [0.4, 0.5) is 0 Å². The van der Waals surface area contributed by atoms with Crippen molar-refractivity contribution in [2.24, 2.45) is 0 Å². The molecule has 2 N–H and O–H groups in total. The number of thiazole rings is 1. The maximum absolute atomic E-state index is 10.6. The van der Waals surface area contributed by atoms with Crippen molar-refractivity contribution in [3.63, 3.8) is 0 Å². The highest BCUT2D eigenvalue weighted by atomic mass is 35.5. The third kappa shape index (κ3) is 3.18. The fourth-order valence-electron chi connectivity index (χ4n) is 2.86. The van der Waals surface area contributed by atoms with Crippen LogP contribution in [-0.4, -0.2) is 64.1 Å². The van der Waals surface area contributed by atoms with E-state index < -0.39 is 0 Å². The highest BCUT2D eigenvalue weighted by Crippen LogP contribution is 2.43. The Kier molecular flexibility index (Phi) is 5.52. The Morgan fingerprint density at radius 3 is 2.73 bits per heavy atom. The van der Waals surface area contributed by atoms with Gasteiger partial charge in [0.15, 0.2) is 11.5 Å². The van der Waals surface area contributed by atoms with Crippen LogP contribution >= 0.6 is 22.9 Å². The number of hydrogen-bond acceptors (Lipinski definition) is 8. The van der Waals surface area contributed by atoms with E-state index in [0.29, 0.717) is 32.9 Å². The van der Waals surface area contributed by atoms with E-state index in [2.05, 4.69) is 10.1 Å². The molecule has 0 fully saturated rings. The molecule has 0 amide bonds. The molecule has 0 saturated heterocycles. The minimum atomic E-state index is -0.382. The molecule has 3 aromatic rings. The average molecular weight is 399 g/mol. The minimum Gasteiger partial charge on any atom is -0.493 e. The Morgan fingerprint density at radius 1 is 1.35 bits per heavy atom. The summed E-state index contributed by atoms with van der Waals surface area (Å²) in [5.41, 5.74) is 0.781. The number of likely N-dealkylation sites (N-methyl/N-ethyl adjacent to an activating group) is 1. The van der Waals surface area contributed by atoms with Gasteiger partial charge < -0.3 is 19.7 Å². The van der Waals surface area contributed by atoms with Crippen molar-refractivity contribution >= 4 is 27.9 Å². The molecule has 2 heterocycles. The van der Waals surface area contributed by atoms with Gasteiger partial charge in [-0.05, 0) is 24.7 Å². The monoisotopic (exact) mass is 398 g/mol. The Morgan fingerprint density at radius 2 is 2.12 bits per heavy atom. The first kappa shape index (κ1) is 18.7. The van der Waals surface area contributed by atoms with E-state index in [1.54, 1.807) is 12.1 Å². The topological polar surface area (TPSA) is 92.4 Å². The van der Waals surface area contributed by atoms with Crippen LogP contribution in [0.3, 0.4) is 0 Å². The number of fused-ring (bicyclic) bond motifs is 1. The fraction of sp³-hybridized carbons (Fsp3) is 0.375. The van der Waals surface area contributed by atoms with Gasteiger partial charge in [-0.15, -0.1) is 0 Å². The van der Waals surface area contributed by atoms with Crippen molar-refractivity contribution in [3.05, 3.63) is 33.9 Å². The van der Waals surface area contributed by atoms with E-state index in [1.165, 1.54) is 36.4 Å². The molecule has 0 aliphatic heterocycles. The number of methoxy groups -OCH3 is 2. The van der Waals surface area contributed by atoms with Gasteiger partial charge in [0.2, 0.25) is 10.8 Å². The standard InChI is InChI=1S/C16H19ClN4O4S/c1-20(4-5-22)12(14-15(23)21-16(26-14)18-8-19-21)9-6-10(17)13(25-3)11(7-9)24-2/h6-8,12,22-23H,4-5H2,1-3H3. The first-order valence-electron chi connectivity index (χ1n) is 7.75. The number of nitrogens with zero attached hydrogens (tertiary/aromatic N) is 4. The number of rotatable bonds is 7. The second-order valence-electron chi connectivity index (χ2n) is 5.59. The van der Waals surface area contributed by atoms with Crippen LogP contribution in [-0.2, 0) is 0 Å². The second kappa shape index (κ2) is 7.67. The van der Waals surface area contributed by atoms with Gasteiger partial charge in [0, 0.05) is 6.54 Å². The third-order valence-corrected chi connectivity index (χ3v) is 5.42. The zero-order chi connectivity index (χ0) is 18.8. The number of hydrogen-bond donors (Lipinski definition) is 2. The molecule has 0 spiro atoms. The molecule has 10 heteroatoms. The molecule has 0 aliphatic rings. The summed E-state index contributed by atoms with van der Waals surface area (Å²) in [6.45, 7) is 0.360. The number of aliphatic hydroxyl groups excluding tert-OH is 1. The second-order valence-corrected chi connectivity index (χ2v) is 7.01. The summed E-state index contributed by atoms with van der Waals surface area (Å²) in [5, 5.41) is 24.4. The lowest BCUT2D eigenvalue weighted by Gasteiger charge is -2.27. The SMILES string of the molecule is COc1cc(C(c2sc3ncnn3c2O)N(C)CCO)cc(Cl)c1OC. The van der Waals surface area contributed by atoms with Gasteiger partial charge in [0.25, 0.3) is 0 Å². The summed E-state index contributed by atoms with van der Waals surface area (Å²) in [6.07, 6.45) is 1.38. The van der Waals surface area contributed by atoms with Crippen molar-refractivity contribution in [2.75, 3.05) is 34.4 Å². The van der Waals surface area contributed by atoms with E-state index >= 15 is 0 Å². The van der Waals surface area contributed by atoms with E-state index in [1.807, 2.05) is 11.9 Å². The van der Waals surface area contributed by atoms with Gasteiger partial charge in [-0.3, -0.25) is 4.90 Å². The predicted octanol–water partition coefficient (Wildman–Crippen LogP) is 2.18. The van der Waals surface area contributed by atoms with Crippen molar-refractivity contribution in [3.8, 4) is 17.4 Å². The van der Waals surface area contributed by atoms with Gasteiger partial charge in [-0.2, -0.15) is 9.61 Å². The van der Waals surface area contributed by atoms with Crippen LogP contribution in [0.25, 0.3) is 4.96 Å². The number of aromatic hydroxyl groups is 1. The largest absolute Gasteiger partial charge is 0.493 e. The average Bonchev–Trinajstić information content (AvgIpc) is 3.19. The van der Waals surface area contributed by atoms with E-state index in [0.717, 1.165) is 5.56 Å². The van der Waals surface area contributed by atoms with Gasteiger partial charge in [0.05, 0.1) is 36.8 Å². The molecule has 1 atom stereocenters. The van der Waals surface area contributed by atoms with Crippen LogP contribution in [0.2, 0.25) is 5.02 Å². The summed E-state index contributed by atoms with van der Waals surface area (Å²) in [6, 6.07) is 3.18. The molecule has 3 rings (SSSR count). The molecule has 1 unspecified atom stereocenters. The van der Waals surface area contributed by atoms with Crippen molar-refractivity contribution < 1.29 is 19.7 Å². The fourth-order valence-corrected chi connectivity index (χ4v) is 4.28. The Hall–Kier alpha value is -2.07. The lowest BCUT2D eigenvalue weighted by molar-refractivity contribution is 0.196.